The van der Waals surface area contributed by atoms with Gasteiger partial charge in [-0.15, -0.1) is 0 Å². The first-order chi connectivity index (χ1) is 10.2. The first-order valence-electron chi connectivity index (χ1n) is 9.22. The number of aliphatic hydroxyl groups excluding tert-OH is 1. The highest BCUT2D eigenvalue weighted by Crippen LogP contribution is 2.44. The van der Waals surface area contributed by atoms with Crippen molar-refractivity contribution in [2.45, 2.75) is 77.4 Å². The van der Waals surface area contributed by atoms with Crippen LogP contribution in [0.25, 0.3) is 0 Å². The van der Waals surface area contributed by atoms with Crippen LogP contribution in [0.4, 0.5) is 0 Å². The Morgan fingerprint density at radius 1 is 1.19 bits per heavy atom. The van der Waals surface area contributed by atoms with E-state index in [4.69, 9.17) is 4.74 Å². The molecule has 3 nitrogen and oxygen atoms in total. The van der Waals surface area contributed by atoms with Gasteiger partial charge in [-0.25, -0.2) is 0 Å². The van der Waals surface area contributed by atoms with E-state index in [1.54, 1.807) is 0 Å². The average Bonchev–Trinajstić information content (AvgIpc) is 3.11. The Morgan fingerprint density at radius 2 is 2.05 bits per heavy atom. The van der Waals surface area contributed by atoms with Crippen molar-refractivity contribution in [1.82, 2.24) is 5.32 Å². The molecule has 2 saturated carbocycles. The topological polar surface area (TPSA) is 41.5 Å². The molecule has 0 radical (unpaired) electrons. The Bertz CT molecular complexity index is 284. The van der Waals surface area contributed by atoms with Crippen molar-refractivity contribution in [3.63, 3.8) is 0 Å². The van der Waals surface area contributed by atoms with Crippen molar-refractivity contribution in [3.8, 4) is 0 Å². The van der Waals surface area contributed by atoms with Gasteiger partial charge in [0.25, 0.3) is 0 Å². The Hall–Kier alpha value is -0.120. The largest absolute Gasteiger partial charge is 0.389 e. The van der Waals surface area contributed by atoms with Gasteiger partial charge >= 0.3 is 0 Å². The number of aliphatic hydroxyl groups is 1. The molecule has 2 N–H and O–H groups in total. The monoisotopic (exact) mass is 297 g/mol. The highest BCUT2D eigenvalue weighted by Gasteiger charge is 2.39. The lowest BCUT2D eigenvalue weighted by Crippen LogP contribution is -2.40. The standard InChI is InChI=1S/C18H35NO2/c1-3-5-6-14(4-2)12-21-13-17(20)11-19-18-10-15-7-8-16(18)9-15/h14-20H,3-13H2,1-2H3. The van der Waals surface area contributed by atoms with Gasteiger partial charge < -0.3 is 15.2 Å². The third-order valence-electron chi connectivity index (χ3n) is 5.56. The third kappa shape index (κ3) is 5.54. The SMILES string of the molecule is CCCCC(CC)COCC(O)CNC1CC2CCC1C2. The molecule has 0 heterocycles. The van der Waals surface area contributed by atoms with Crippen molar-refractivity contribution in [1.29, 1.82) is 0 Å². The molecule has 3 heteroatoms. The van der Waals surface area contributed by atoms with Crippen molar-refractivity contribution in [3.05, 3.63) is 0 Å². The summed E-state index contributed by atoms with van der Waals surface area (Å²) in [6.45, 7) is 6.45. The van der Waals surface area contributed by atoms with Crippen LogP contribution in [0.1, 0.15) is 65.2 Å². The highest BCUT2D eigenvalue weighted by molar-refractivity contribution is 4.94. The minimum Gasteiger partial charge on any atom is -0.389 e. The summed E-state index contributed by atoms with van der Waals surface area (Å²) >= 11 is 0. The van der Waals surface area contributed by atoms with Gasteiger partial charge in [-0.2, -0.15) is 0 Å². The van der Waals surface area contributed by atoms with Crippen molar-refractivity contribution in [2.24, 2.45) is 17.8 Å². The molecule has 2 bridgehead atoms. The highest BCUT2D eigenvalue weighted by atomic mass is 16.5. The summed E-state index contributed by atoms with van der Waals surface area (Å²) in [7, 11) is 0. The van der Waals surface area contributed by atoms with Crippen molar-refractivity contribution < 1.29 is 9.84 Å². The fourth-order valence-corrected chi connectivity index (χ4v) is 4.11. The fourth-order valence-electron chi connectivity index (χ4n) is 4.11. The summed E-state index contributed by atoms with van der Waals surface area (Å²) < 4.78 is 5.73. The number of ether oxygens (including phenoxy) is 1. The molecular weight excluding hydrogens is 262 g/mol. The Morgan fingerprint density at radius 3 is 2.67 bits per heavy atom. The summed E-state index contributed by atoms with van der Waals surface area (Å²) in [5.41, 5.74) is 0. The van der Waals surface area contributed by atoms with E-state index in [0.29, 0.717) is 25.1 Å². The summed E-state index contributed by atoms with van der Waals surface area (Å²) in [4.78, 5) is 0. The summed E-state index contributed by atoms with van der Waals surface area (Å²) in [5.74, 6) is 2.50. The molecular formula is C18H35NO2. The summed E-state index contributed by atoms with van der Waals surface area (Å²) in [5, 5.41) is 13.6. The number of unbranched alkanes of at least 4 members (excludes halogenated alkanes) is 1. The number of fused-ring (bicyclic) bond motifs is 2. The maximum absolute atomic E-state index is 10.1. The smallest absolute Gasteiger partial charge is 0.0897 e. The first kappa shape index (κ1) is 17.2. The predicted octanol–water partition coefficient (Wildman–Crippen LogP) is 3.36. The van der Waals surface area contributed by atoms with E-state index in [-0.39, 0.29) is 6.10 Å². The van der Waals surface area contributed by atoms with E-state index < -0.39 is 0 Å². The normalized spacial score (nSPS) is 30.7. The van der Waals surface area contributed by atoms with Crippen LogP contribution in [0, 0.1) is 17.8 Å². The summed E-state index contributed by atoms with van der Waals surface area (Å²) in [6, 6.07) is 0.659. The van der Waals surface area contributed by atoms with E-state index in [1.165, 1.54) is 51.4 Å². The van der Waals surface area contributed by atoms with Crippen LogP contribution in [-0.4, -0.2) is 37.0 Å². The molecule has 2 aliphatic rings. The van der Waals surface area contributed by atoms with E-state index >= 15 is 0 Å². The predicted molar refractivity (Wildman–Crippen MR) is 87.4 cm³/mol. The van der Waals surface area contributed by atoms with Gasteiger partial charge in [0.1, 0.15) is 0 Å². The second-order valence-corrected chi connectivity index (χ2v) is 7.30. The molecule has 5 atom stereocenters. The van der Waals surface area contributed by atoms with Crippen LogP contribution in [0.3, 0.4) is 0 Å². The Kier molecular flexibility index (Phi) is 7.48. The van der Waals surface area contributed by atoms with Crippen LogP contribution in [0.5, 0.6) is 0 Å². The van der Waals surface area contributed by atoms with Gasteiger partial charge in [0.2, 0.25) is 0 Å². The van der Waals surface area contributed by atoms with Crippen molar-refractivity contribution in [2.75, 3.05) is 19.8 Å². The van der Waals surface area contributed by atoms with E-state index in [9.17, 15) is 5.11 Å². The van der Waals surface area contributed by atoms with Crippen LogP contribution in [0.2, 0.25) is 0 Å². The number of hydrogen-bond acceptors (Lipinski definition) is 3. The van der Waals surface area contributed by atoms with E-state index in [1.807, 2.05) is 0 Å². The number of rotatable bonds is 11. The molecule has 0 saturated heterocycles. The quantitative estimate of drug-likeness (QED) is 0.614. The fraction of sp³-hybridized carbons (Fsp3) is 1.00. The van der Waals surface area contributed by atoms with Gasteiger partial charge in [-0.05, 0) is 43.4 Å². The zero-order chi connectivity index (χ0) is 15.1. The van der Waals surface area contributed by atoms with Gasteiger partial charge in [0.05, 0.1) is 12.7 Å². The molecule has 0 amide bonds. The molecule has 2 fully saturated rings. The maximum atomic E-state index is 10.1. The molecule has 2 aliphatic carbocycles. The molecule has 5 unspecified atom stereocenters. The average molecular weight is 297 g/mol. The molecule has 21 heavy (non-hydrogen) atoms. The minimum absolute atomic E-state index is 0.354. The van der Waals surface area contributed by atoms with Crippen LogP contribution in [-0.2, 0) is 4.74 Å². The van der Waals surface area contributed by atoms with Crippen LogP contribution >= 0.6 is 0 Å². The summed E-state index contributed by atoms with van der Waals surface area (Å²) in [6.07, 6.45) is 10.2. The Balaban J connectivity index is 1.52. The van der Waals surface area contributed by atoms with Gasteiger partial charge in [-0.3, -0.25) is 0 Å². The van der Waals surface area contributed by atoms with E-state index in [2.05, 4.69) is 19.2 Å². The molecule has 0 aliphatic heterocycles. The third-order valence-corrected chi connectivity index (χ3v) is 5.56. The molecule has 0 aromatic heterocycles. The molecule has 0 aromatic rings. The zero-order valence-corrected chi connectivity index (χ0v) is 14.0. The molecule has 0 aromatic carbocycles. The molecule has 124 valence electrons. The lowest BCUT2D eigenvalue weighted by atomic mass is 9.95. The minimum atomic E-state index is -0.354. The zero-order valence-electron chi connectivity index (χ0n) is 14.0. The first-order valence-corrected chi connectivity index (χ1v) is 9.22. The lowest BCUT2D eigenvalue weighted by molar-refractivity contribution is 0.0175. The second-order valence-electron chi connectivity index (χ2n) is 7.30. The Labute approximate surface area is 130 Å². The maximum Gasteiger partial charge on any atom is 0.0897 e. The lowest BCUT2D eigenvalue weighted by Gasteiger charge is -2.24. The van der Waals surface area contributed by atoms with Crippen molar-refractivity contribution >= 4 is 0 Å². The number of hydrogen-bond donors (Lipinski definition) is 2. The molecule has 0 spiro atoms. The number of nitrogens with one attached hydrogen (secondary N) is 1. The van der Waals surface area contributed by atoms with Gasteiger partial charge in [-0.1, -0.05) is 39.5 Å². The van der Waals surface area contributed by atoms with Crippen LogP contribution in [0.15, 0.2) is 0 Å². The van der Waals surface area contributed by atoms with Gasteiger partial charge in [0.15, 0.2) is 0 Å². The second kappa shape index (κ2) is 9.12. The molecule has 2 rings (SSSR count). The van der Waals surface area contributed by atoms with Gasteiger partial charge in [0, 0.05) is 19.2 Å². The van der Waals surface area contributed by atoms with E-state index in [0.717, 1.165) is 18.4 Å². The van der Waals surface area contributed by atoms with Crippen LogP contribution < -0.4 is 5.32 Å².